The molecule has 1 fully saturated rings. The zero-order chi connectivity index (χ0) is 20.0. The number of thioether (sulfide) groups is 1. The number of hydrogen-bond donors (Lipinski definition) is 0. The number of nitrogens with zero attached hydrogens (tertiary/aromatic N) is 3. The van der Waals surface area contributed by atoms with E-state index in [4.69, 9.17) is 13.9 Å². The van der Waals surface area contributed by atoms with Crippen LogP contribution in [0.1, 0.15) is 52.6 Å². The smallest absolute Gasteiger partial charge is 0.277 e. The number of ether oxygens (including phenoxy) is 2. The topological polar surface area (TPSA) is 79.4 Å². The second-order valence-corrected chi connectivity index (χ2v) is 8.29. The number of benzene rings is 1. The van der Waals surface area contributed by atoms with Crippen molar-refractivity contribution < 1.29 is 18.7 Å². The molecule has 150 valence electrons. The minimum atomic E-state index is -0.458. The molecule has 8 heteroatoms. The van der Waals surface area contributed by atoms with Crippen molar-refractivity contribution in [1.29, 1.82) is 0 Å². The highest BCUT2D eigenvalue weighted by molar-refractivity contribution is 7.99. The van der Waals surface area contributed by atoms with Crippen LogP contribution in [0.4, 0.5) is 0 Å². The number of para-hydroxylation sites is 2. The quantitative estimate of drug-likeness (QED) is 0.442. The molecule has 7 nitrogen and oxygen atoms in total. The second kappa shape index (κ2) is 7.26. The van der Waals surface area contributed by atoms with Crippen LogP contribution in [0.25, 0.3) is 0 Å². The molecule has 29 heavy (non-hydrogen) atoms. The third kappa shape index (κ3) is 3.53. The maximum Gasteiger partial charge on any atom is 0.277 e. The first-order chi connectivity index (χ1) is 14.1. The molecule has 1 saturated carbocycles. The molecule has 0 radical (unpaired) electrons. The van der Waals surface area contributed by atoms with Crippen LogP contribution in [0.2, 0.25) is 0 Å². The van der Waals surface area contributed by atoms with Crippen LogP contribution in [0.15, 0.2) is 40.0 Å². The van der Waals surface area contributed by atoms with Crippen LogP contribution < -0.4 is 9.47 Å². The molecule has 2 aliphatic rings. The molecule has 2 aromatic heterocycles. The van der Waals surface area contributed by atoms with Gasteiger partial charge >= 0.3 is 0 Å². The molecular weight excluding hydrogens is 390 g/mol. The van der Waals surface area contributed by atoms with E-state index >= 15 is 0 Å². The maximum absolute atomic E-state index is 12.7. The second-order valence-electron chi connectivity index (χ2n) is 7.37. The summed E-state index contributed by atoms with van der Waals surface area (Å²) in [5.74, 6) is 2.02. The molecule has 1 aliphatic heterocycles. The highest BCUT2D eigenvalue weighted by Gasteiger charge is 2.29. The van der Waals surface area contributed by atoms with Crippen LogP contribution in [0.3, 0.4) is 0 Å². The summed E-state index contributed by atoms with van der Waals surface area (Å²) in [6, 6.07) is 10.0. The molecule has 1 aromatic carbocycles. The normalized spacial score (nSPS) is 18.1. The van der Waals surface area contributed by atoms with E-state index in [-0.39, 0.29) is 11.5 Å². The fourth-order valence-electron chi connectivity index (χ4n) is 3.71. The average molecular weight is 411 g/mol. The molecule has 3 heterocycles. The summed E-state index contributed by atoms with van der Waals surface area (Å²) in [4.78, 5) is 12.7. The zero-order valence-electron chi connectivity index (χ0n) is 16.3. The summed E-state index contributed by atoms with van der Waals surface area (Å²) in [5, 5.41) is 8.48. The summed E-state index contributed by atoms with van der Waals surface area (Å²) in [6.45, 7) is 4.38. The van der Waals surface area contributed by atoms with Crippen molar-refractivity contribution in [3.8, 4) is 11.5 Å². The van der Waals surface area contributed by atoms with Gasteiger partial charge in [0.2, 0.25) is 6.10 Å². The van der Waals surface area contributed by atoms with E-state index in [1.807, 2.05) is 37.3 Å². The molecule has 0 amide bonds. The Balaban J connectivity index is 1.23. The summed E-state index contributed by atoms with van der Waals surface area (Å²) in [6.07, 6.45) is 1.93. The number of hydrogen-bond acceptors (Lipinski definition) is 7. The molecule has 0 spiro atoms. The fraction of sp³-hybridized carbons (Fsp3) is 0.381. The van der Waals surface area contributed by atoms with E-state index in [0.29, 0.717) is 35.3 Å². The number of fused-ring (bicyclic) bond motifs is 1. The Kier molecular flexibility index (Phi) is 4.58. The van der Waals surface area contributed by atoms with Crippen molar-refractivity contribution in [2.75, 3.05) is 12.4 Å². The highest BCUT2D eigenvalue weighted by Crippen LogP contribution is 2.39. The Hall–Kier alpha value is -2.74. The van der Waals surface area contributed by atoms with E-state index < -0.39 is 6.10 Å². The van der Waals surface area contributed by atoms with Gasteiger partial charge in [-0.3, -0.25) is 4.79 Å². The Morgan fingerprint density at radius 3 is 2.79 bits per heavy atom. The average Bonchev–Trinajstić information content (AvgIpc) is 3.36. The van der Waals surface area contributed by atoms with Gasteiger partial charge in [-0.2, -0.15) is 0 Å². The van der Waals surface area contributed by atoms with E-state index in [9.17, 15) is 4.79 Å². The van der Waals surface area contributed by atoms with Crippen molar-refractivity contribution in [3.63, 3.8) is 0 Å². The lowest BCUT2D eigenvalue weighted by atomic mass is 10.2. The number of carbonyl (C=O) groups is 1. The van der Waals surface area contributed by atoms with Gasteiger partial charge in [-0.05, 0) is 44.9 Å². The zero-order valence-corrected chi connectivity index (χ0v) is 17.1. The summed E-state index contributed by atoms with van der Waals surface area (Å²) >= 11 is 1.25. The van der Waals surface area contributed by atoms with E-state index in [1.54, 1.807) is 0 Å². The Bertz CT molecular complexity index is 1070. The minimum Gasteiger partial charge on any atom is -0.485 e. The van der Waals surface area contributed by atoms with Gasteiger partial charge in [-0.1, -0.05) is 23.9 Å². The largest absolute Gasteiger partial charge is 0.485 e. The third-order valence-corrected chi connectivity index (χ3v) is 6.05. The predicted molar refractivity (Wildman–Crippen MR) is 107 cm³/mol. The number of rotatable bonds is 6. The van der Waals surface area contributed by atoms with Crippen molar-refractivity contribution >= 4 is 17.5 Å². The van der Waals surface area contributed by atoms with Crippen molar-refractivity contribution in [2.45, 2.75) is 44.1 Å². The fourth-order valence-corrected chi connectivity index (χ4v) is 4.36. The standard InChI is InChI=1S/C21H21N3O4S/c1-12-9-15(13(2)24(12)14-7-8-14)16(25)11-29-21-23-22-20(28-21)19-10-26-17-5-3-4-6-18(17)27-19/h3-6,9,14,19H,7-8,10-11H2,1-2H3. The molecule has 1 aliphatic carbocycles. The first-order valence-electron chi connectivity index (χ1n) is 9.66. The SMILES string of the molecule is Cc1cc(C(=O)CSc2nnc(C3COc4ccccc4O3)o2)c(C)n1C1CC1. The molecular formula is C21H21N3O4S. The van der Waals surface area contributed by atoms with Gasteiger partial charge in [0.1, 0.15) is 6.61 Å². The summed E-state index contributed by atoms with van der Waals surface area (Å²) < 4.78 is 19.6. The lowest BCUT2D eigenvalue weighted by molar-refractivity contribution is 0.0686. The molecule has 5 rings (SSSR count). The maximum atomic E-state index is 12.7. The molecule has 1 unspecified atom stereocenters. The summed E-state index contributed by atoms with van der Waals surface area (Å²) in [5.41, 5.74) is 2.98. The Labute approximate surface area is 172 Å². The van der Waals surface area contributed by atoms with Crippen LogP contribution in [-0.2, 0) is 0 Å². The monoisotopic (exact) mass is 411 g/mol. The molecule has 0 N–H and O–H groups in total. The number of ketones is 1. The van der Waals surface area contributed by atoms with Crippen LogP contribution in [-0.4, -0.2) is 32.9 Å². The van der Waals surface area contributed by atoms with Crippen molar-refractivity contribution in [3.05, 3.63) is 53.2 Å². The van der Waals surface area contributed by atoms with Gasteiger partial charge in [-0.25, -0.2) is 0 Å². The Morgan fingerprint density at radius 1 is 1.21 bits per heavy atom. The van der Waals surface area contributed by atoms with Crippen LogP contribution in [0.5, 0.6) is 11.5 Å². The van der Waals surface area contributed by atoms with Gasteiger partial charge in [0.15, 0.2) is 17.3 Å². The first kappa shape index (κ1) is 18.3. The molecule has 0 bridgehead atoms. The molecule has 0 saturated heterocycles. The molecule has 1 atom stereocenters. The Morgan fingerprint density at radius 2 is 2.00 bits per heavy atom. The predicted octanol–water partition coefficient (Wildman–Crippen LogP) is 4.31. The summed E-state index contributed by atoms with van der Waals surface area (Å²) in [7, 11) is 0. The van der Waals surface area contributed by atoms with Crippen molar-refractivity contribution in [1.82, 2.24) is 14.8 Å². The van der Waals surface area contributed by atoms with E-state index in [1.165, 1.54) is 24.6 Å². The molecule has 3 aromatic rings. The number of carbonyl (C=O) groups excluding carboxylic acids is 1. The highest BCUT2D eigenvalue weighted by atomic mass is 32.2. The van der Waals surface area contributed by atoms with E-state index in [0.717, 1.165) is 17.0 Å². The number of aryl methyl sites for hydroxylation is 1. The number of Topliss-reactive ketones (excluding diaryl/α,β-unsaturated/α-hetero) is 1. The lowest BCUT2D eigenvalue weighted by Crippen LogP contribution is -2.21. The number of aromatic nitrogens is 3. The van der Waals surface area contributed by atoms with E-state index in [2.05, 4.69) is 21.7 Å². The third-order valence-electron chi connectivity index (χ3n) is 5.23. The van der Waals surface area contributed by atoms with Gasteiger partial charge in [0.05, 0.1) is 5.75 Å². The van der Waals surface area contributed by atoms with Crippen LogP contribution >= 0.6 is 11.8 Å². The van der Waals surface area contributed by atoms with Gasteiger partial charge in [0, 0.05) is 23.0 Å². The first-order valence-corrected chi connectivity index (χ1v) is 10.6. The van der Waals surface area contributed by atoms with Gasteiger partial charge in [0.25, 0.3) is 11.1 Å². The van der Waals surface area contributed by atoms with Crippen LogP contribution in [0, 0.1) is 13.8 Å². The van der Waals surface area contributed by atoms with Gasteiger partial charge in [-0.15, -0.1) is 10.2 Å². The van der Waals surface area contributed by atoms with Crippen molar-refractivity contribution in [2.24, 2.45) is 0 Å². The van der Waals surface area contributed by atoms with Gasteiger partial charge < -0.3 is 18.5 Å². The minimum absolute atomic E-state index is 0.0703. The lowest BCUT2D eigenvalue weighted by Gasteiger charge is -2.23.